The van der Waals surface area contributed by atoms with Gasteiger partial charge < -0.3 is 5.32 Å². The summed E-state index contributed by atoms with van der Waals surface area (Å²) in [7, 11) is 0. The average Bonchev–Trinajstić information content (AvgIpc) is 2.55. The Hall–Kier alpha value is -1.35. The van der Waals surface area contributed by atoms with Gasteiger partial charge in [-0.25, -0.2) is 0 Å². The minimum Gasteiger partial charge on any atom is -0.325 e. The van der Waals surface area contributed by atoms with Crippen molar-refractivity contribution >= 4 is 29.0 Å². The Morgan fingerprint density at radius 1 is 1.50 bits per heavy atom. The standard InChI is InChI=1S/C12H12ClNO2/c1-6-3-8-5-10(15)14-11(8)9(4-6)12(16)7(2)13/h3-4,7H,5H2,1-2H3,(H,14,15). The first-order valence-corrected chi connectivity index (χ1v) is 5.54. The van der Waals surface area contributed by atoms with Gasteiger partial charge in [-0.05, 0) is 31.0 Å². The van der Waals surface area contributed by atoms with Gasteiger partial charge in [0.05, 0.1) is 17.5 Å². The Labute approximate surface area is 98.8 Å². The molecule has 1 amide bonds. The smallest absolute Gasteiger partial charge is 0.228 e. The van der Waals surface area contributed by atoms with Gasteiger partial charge in [0.2, 0.25) is 5.91 Å². The van der Waals surface area contributed by atoms with E-state index in [-0.39, 0.29) is 11.7 Å². The van der Waals surface area contributed by atoms with Crippen molar-refractivity contribution in [2.75, 3.05) is 5.32 Å². The van der Waals surface area contributed by atoms with E-state index in [4.69, 9.17) is 11.6 Å². The number of fused-ring (bicyclic) bond motifs is 1. The monoisotopic (exact) mass is 237 g/mol. The van der Waals surface area contributed by atoms with Crippen LogP contribution in [0, 0.1) is 6.92 Å². The van der Waals surface area contributed by atoms with Gasteiger partial charge >= 0.3 is 0 Å². The first-order valence-electron chi connectivity index (χ1n) is 5.10. The minimum absolute atomic E-state index is 0.0723. The zero-order valence-electron chi connectivity index (χ0n) is 9.13. The van der Waals surface area contributed by atoms with Gasteiger partial charge in [-0.1, -0.05) is 6.07 Å². The van der Waals surface area contributed by atoms with E-state index in [1.807, 2.05) is 13.0 Å². The quantitative estimate of drug-likeness (QED) is 0.634. The number of amides is 1. The van der Waals surface area contributed by atoms with Crippen LogP contribution in [-0.4, -0.2) is 17.1 Å². The molecule has 0 spiro atoms. The maximum Gasteiger partial charge on any atom is 0.228 e. The minimum atomic E-state index is -0.580. The van der Waals surface area contributed by atoms with Gasteiger partial charge in [-0.3, -0.25) is 9.59 Å². The van der Waals surface area contributed by atoms with E-state index in [1.54, 1.807) is 13.0 Å². The lowest BCUT2D eigenvalue weighted by molar-refractivity contribution is -0.115. The summed E-state index contributed by atoms with van der Waals surface area (Å²) in [5.74, 6) is -0.222. The summed E-state index contributed by atoms with van der Waals surface area (Å²) in [5, 5.41) is 2.13. The van der Waals surface area contributed by atoms with Crippen LogP contribution in [0.4, 0.5) is 5.69 Å². The molecule has 0 aliphatic carbocycles. The lowest BCUT2D eigenvalue weighted by Gasteiger charge is -2.09. The normalized spacial score (nSPS) is 15.6. The Bertz CT molecular complexity index is 480. The summed E-state index contributed by atoms with van der Waals surface area (Å²) in [6.45, 7) is 3.54. The second-order valence-electron chi connectivity index (χ2n) is 4.05. The summed E-state index contributed by atoms with van der Waals surface area (Å²) in [6, 6.07) is 3.69. The summed E-state index contributed by atoms with van der Waals surface area (Å²) >= 11 is 5.79. The predicted molar refractivity (Wildman–Crippen MR) is 63.2 cm³/mol. The predicted octanol–water partition coefficient (Wildman–Crippen LogP) is 2.30. The van der Waals surface area contributed by atoms with Crippen molar-refractivity contribution in [1.29, 1.82) is 0 Å². The molecule has 3 nitrogen and oxygen atoms in total. The molecule has 0 bridgehead atoms. The van der Waals surface area contributed by atoms with Crippen LogP contribution in [0.2, 0.25) is 0 Å². The van der Waals surface area contributed by atoms with E-state index in [0.717, 1.165) is 11.1 Å². The molecule has 4 heteroatoms. The van der Waals surface area contributed by atoms with Crippen LogP contribution in [0.1, 0.15) is 28.4 Å². The highest BCUT2D eigenvalue weighted by Crippen LogP contribution is 2.30. The molecule has 1 atom stereocenters. The molecule has 1 heterocycles. The molecular weight excluding hydrogens is 226 g/mol. The van der Waals surface area contributed by atoms with Gasteiger partial charge in [0.1, 0.15) is 0 Å². The molecule has 0 fully saturated rings. The molecule has 84 valence electrons. The summed E-state index contributed by atoms with van der Waals surface area (Å²) in [5.41, 5.74) is 3.00. The number of hydrogen-bond acceptors (Lipinski definition) is 2. The van der Waals surface area contributed by atoms with Crippen molar-refractivity contribution in [1.82, 2.24) is 0 Å². The summed E-state index contributed by atoms with van der Waals surface area (Å²) < 4.78 is 0. The highest BCUT2D eigenvalue weighted by Gasteiger charge is 2.25. The number of rotatable bonds is 2. The zero-order valence-corrected chi connectivity index (χ0v) is 9.89. The Kier molecular flexibility index (Phi) is 2.72. The topological polar surface area (TPSA) is 46.2 Å². The lowest BCUT2D eigenvalue weighted by Crippen LogP contribution is -2.14. The Morgan fingerprint density at radius 3 is 2.81 bits per heavy atom. The molecule has 0 saturated heterocycles. The number of anilines is 1. The molecule has 2 rings (SSSR count). The first kappa shape index (κ1) is 11.1. The number of benzene rings is 1. The van der Waals surface area contributed by atoms with Gasteiger partial charge in [-0.2, -0.15) is 0 Å². The van der Waals surface area contributed by atoms with E-state index in [2.05, 4.69) is 5.32 Å². The molecular formula is C12H12ClNO2. The third-order valence-electron chi connectivity index (χ3n) is 2.61. The third kappa shape index (κ3) is 1.83. The molecule has 1 N–H and O–H groups in total. The van der Waals surface area contributed by atoms with Crippen LogP contribution in [0.3, 0.4) is 0 Å². The van der Waals surface area contributed by atoms with Crippen molar-refractivity contribution in [2.24, 2.45) is 0 Å². The number of alkyl halides is 1. The number of carbonyl (C=O) groups excluding carboxylic acids is 2. The number of Topliss-reactive ketones (excluding diaryl/α,β-unsaturated/α-hetero) is 1. The molecule has 1 aliphatic rings. The molecule has 0 saturated carbocycles. The van der Waals surface area contributed by atoms with Crippen LogP contribution in [-0.2, 0) is 11.2 Å². The SMILES string of the molecule is Cc1cc2c(c(C(=O)C(C)Cl)c1)NC(=O)C2. The van der Waals surface area contributed by atoms with E-state index in [9.17, 15) is 9.59 Å². The highest BCUT2D eigenvalue weighted by molar-refractivity contribution is 6.34. The van der Waals surface area contributed by atoms with Gasteiger partial charge in [-0.15, -0.1) is 11.6 Å². The highest BCUT2D eigenvalue weighted by atomic mass is 35.5. The first-order chi connectivity index (χ1) is 7.49. The fraction of sp³-hybridized carbons (Fsp3) is 0.333. The maximum absolute atomic E-state index is 11.9. The van der Waals surface area contributed by atoms with Gasteiger partial charge in [0.15, 0.2) is 5.78 Å². The average molecular weight is 238 g/mol. The number of hydrogen-bond donors (Lipinski definition) is 1. The third-order valence-corrected chi connectivity index (χ3v) is 2.80. The molecule has 1 aromatic carbocycles. The van der Waals surface area contributed by atoms with Gasteiger partial charge in [0, 0.05) is 5.56 Å². The van der Waals surface area contributed by atoms with Crippen molar-refractivity contribution in [3.05, 3.63) is 28.8 Å². The van der Waals surface area contributed by atoms with Crippen LogP contribution in [0.15, 0.2) is 12.1 Å². The number of halogens is 1. The Morgan fingerprint density at radius 2 is 2.19 bits per heavy atom. The van der Waals surface area contributed by atoms with E-state index >= 15 is 0 Å². The van der Waals surface area contributed by atoms with Crippen LogP contribution < -0.4 is 5.32 Å². The zero-order chi connectivity index (χ0) is 11.9. The van der Waals surface area contributed by atoms with E-state index in [0.29, 0.717) is 17.7 Å². The van der Waals surface area contributed by atoms with Crippen LogP contribution >= 0.6 is 11.6 Å². The fourth-order valence-electron chi connectivity index (χ4n) is 1.91. The van der Waals surface area contributed by atoms with E-state index < -0.39 is 5.38 Å². The van der Waals surface area contributed by atoms with Crippen LogP contribution in [0.25, 0.3) is 0 Å². The second-order valence-corrected chi connectivity index (χ2v) is 4.71. The van der Waals surface area contributed by atoms with Crippen LogP contribution in [0.5, 0.6) is 0 Å². The van der Waals surface area contributed by atoms with Crippen molar-refractivity contribution in [3.63, 3.8) is 0 Å². The number of aryl methyl sites for hydroxylation is 1. The van der Waals surface area contributed by atoms with Crippen molar-refractivity contribution in [3.8, 4) is 0 Å². The molecule has 1 aliphatic heterocycles. The largest absolute Gasteiger partial charge is 0.325 e. The van der Waals surface area contributed by atoms with Crippen molar-refractivity contribution < 1.29 is 9.59 Å². The molecule has 0 radical (unpaired) electrons. The molecule has 16 heavy (non-hydrogen) atoms. The van der Waals surface area contributed by atoms with Crippen molar-refractivity contribution in [2.45, 2.75) is 25.6 Å². The fourth-order valence-corrected chi connectivity index (χ4v) is 2.03. The second kappa shape index (κ2) is 3.91. The van der Waals surface area contributed by atoms with E-state index in [1.165, 1.54) is 0 Å². The number of nitrogens with one attached hydrogen (secondary N) is 1. The number of ketones is 1. The molecule has 1 unspecified atom stereocenters. The Balaban J connectivity index is 2.55. The summed E-state index contributed by atoms with van der Waals surface area (Å²) in [6.07, 6.45) is 0.341. The van der Waals surface area contributed by atoms with Gasteiger partial charge in [0.25, 0.3) is 0 Å². The summed E-state index contributed by atoms with van der Waals surface area (Å²) in [4.78, 5) is 23.2. The lowest BCUT2D eigenvalue weighted by atomic mass is 9.99. The molecule has 1 aromatic rings. The maximum atomic E-state index is 11.9. The molecule has 0 aromatic heterocycles. The number of carbonyl (C=O) groups is 2.